The summed E-state index contributed by atoms with van der Waals surface area (Å²) in [5, 5.41) is 2.18. The molecule has 0 atom stereocenters. The Morgan fingerprint density at radius 1 is 0.933 bits per heavy atom. The highest BCUT2D eigenvalue weighted by Crippen LogP contribution is 2.20. The molecule has 4 rings (SSSR count). The molecule has 2 heterocycles. The third-order valence-electron chi connectivity index (χ3n) is 4.52. The Hall–Kier alpha value is -4.13. The average molecular weight is 402 g/mol. The maximum Gasteiger partial charge on any atom is 0.331 e. The lowest BCUT2D eigenvalue weighted by atomic mass is 10.1. The number of hydrogen-bond acceptors (Lipinski definition) is 5. The number of imide groups is 2. The van der Waals surface area contributed by atoms with Crippen LogP contribution in [0, 0.1) is 0 Å². The number of benzene rings is 2. The van der Waals surface area contributed by atoms with Crippen molar-refractivity contribution >= 4 is 23.9 Å². The number of barbiturate groups is 1. The van der Waals surface area contributed by atoms with Gasteiger partial charge in [-0.05, 0) is 41.5 Å². The van der Waals surface area contributed by atoms with Crippen LogP contribution in [0.2, 0.25) is 0 Å². The van der Waals surface area contributed by atoms with Crippen LogP contribution in [-0.2, 0) is 22.7 Å². The molecule has 1 aliphatic heterocycles. The smallest absolute Gasteiger partial charge is 0.331 e. The van der Waals surface area contributed by atoms with Crippen LogP contribution in [-0.4, -0.2) is 22.7 Å². The van der Waals surface area contributed by atoms with Gasteiger partial charge in [-0.3, -0.25) is 19.8 Å². The molecule has 0 unspecified atom stereocenters. The zero-order valence-electron chi connectivity index (χ0n) is 15.9. The molecule has 7 heteroatoms. The van der Waals surface area contributed by atoms with E-state index in [4.69, 9.17) is 9.15 Å². The topological polar surface area (TPSA) is 88.9 Å². The number of ether oxygens (including phenoxy) is 1. The third-order valence-corrected chi connectivity index (χ3v) is 4.52. The molecule has 3 aromatic rings. The molecule has 1 aromatic heterocycles. The van der Waals surface area contributed by atoms with Gasteiger partial charge in [-0.1, -0.05) is 42.5 Å². The highest BCUT2D eigenvalue weighted by molar-refractivity contribution is 6.30. The fourth-order valence-corrected chi connectivity index (χ4v) is 2.96. The number of nitrogens with one attached hydrogen (secondary N) is 1. The van der Waals surface area contributed by atoms with Crippen molar-refractivity contribution in [3.8, 4) is 5.75 Å². The summed E-state index contributed by atoms with van der Waals surface area (Å²) in [5.41, 5.74) is 1.56. The maximum absolute atomic E-state index is 12.7. The van der Waals surface area contributed by atoms with Gasteiger partial charge in [0.05, 0.1) is 12.8 Å². The summed E-state index contributed by atoms with van der Waals surface area (Å²) in [5.74, 6) is -0.309. The summed E-state index contributed by atoms with van der Waals surface area (Å²) in [4.78, 5) is 37.9. The van der Waals surface area contributed by atoms with Gasteiger partial charge in [0.1, 0.15) is 23.7 Å². The van der Waals surface area contributed by atoms with Gasteiger partial charge < -0.3 is 9.15 Å². The lowest BCUT2D eigenvalue weighted by Gasteiger charge is -2.25. The second kappa shape index (κ2) is 8.48. The van der Waals surface area contributed by atoms with E-state index >= 15 is 0 Å². The van der Waals surface area contributed by atoms with Gasteiger partial charge in [0.2, 0.25) is 0 Å². The van der Waals surface area contributed by atoms with E-state index in [0.717, 1.165) is 10.5 Å². The van der Waals surface area contributed by atoms with Crippen LogP contribution in [0.3, 0.4) is 0 Å². The van der Waals surface area contributed by atoms with E-state index in [0.29, 0.717) is 23.7 Å². The lowest BCUT2D eigenvalue weighted by molar-refractivity contribution is -0.130. The number of amides is 4. The molecule has 4 amide bonds. The summed E-state index contributed by atoms with van der Waals surface area (Å²) < 4.78 is 10.9. The summed E-state index contributed by atoms with van der Waals surface area (Å²) in [6.07, 6.45) is 2.89. The zero-order chi connectivity index (χ0) is 20.9. The lowest BCUT2D eigenvalue weighted by Crippen LogP contribution is -2.53. The van der Waals surface area contributed by atoms with Gasteiger partial charge in [0.15, 0.2) is 0 Å². The molecule has 0 saturated carbocycles. The van der Waals surface area contributed by atoms with Crippen LogP contribution in [0.15, 0.2) is 83.0 Å². The number of carbonyl (C=O) groups excluding carboxylic acids is 3. The summed E-state index contributed by atoms with van der Waals surface area (Å²) in [7, 11) is 0. The van der Waals surface area contributed by atoms with E-state index in [1.54, 1.807) is 36.4 Å². The fraction of sp³-hybridized carbons (Fsp3) is 0.0870. The first kappa shape index (κ1) is 19.2. The number of furan rings is 1. The summed E-state index contributed by atoms with van der Waals surface area (Å²) in [6.45, 7) is 0.376. The first-order chi connectivity index (χ1) is 14.6. The van der Waals surface area contributed by atoms with Crippen molar-refractivity contribution in [2.24, 2.45) is 0 Å². The van der Waals surface area contributed by atoms with Crippen molar-refractivity contribution in [3.63, 3.8) is 0 Å². The molecule has 7 nitrogen and oxygen atoms in total. The van der Waals surface area contributed by atoms with Crippen molar-refractivity contribution in [1.82, 2.24) is 10.2 Å². The molecule has 1 aliphatic rings. The van der Waals surface area contributed by atoms with Crippen LogP contribution in [0.5, 0.6) is 5.75 Å². The highest BCUT2D eigenvalue weighted by atomic mass is 16.5. The minimum atomic E-state index is -0.775. The predicted octanol–water partition coefficient (Wildman–Crippen LogP) is 3.52. The molecule has 150 valence electrons. The number of carbonyl (C=O) groups is 3. The molecular formula is C23H18N2O5. The van der Waals surface area contributed by atoms with Crippen LogP contribution in [0.4, 0.5) is 4.79 Å². The van der Waals surface area contributed by atoms with Gasteiger partial charge in [0.25, 0.3) is 11.8 Å². The van der Waals surface area contributed by atoms with E-state index in [2.05, 4.69) is 5.32 Å². The average Bonchev–Trinajstić information content (AvgIpc) is 3.28. The van der Waals surface area contributed by atoms with Crippen molar-refractivity contribution in [2.45, 2.75) is 13.2 Å². The minimum Gasteiger partial charge on any atom is -0.489 e. The van der Waals surface area contributed by atoms with Gasteiger partial charge >= 0.3 is 6.03 Å². The molecule has 1 saturated heterocycles. The minimum absolute atomic E-state index is 0.0610. The summed E-state index contributed by atoms with van der Waals surface area (Å²) in [6, 6.07) is 19.3. The Morgan fingerprint density at radius 2 is 1.70 bits per heavy atom. The molecule has 0 aliphatic carbocycles. The van der Waals surface area contributed by atoms with E-state index in [1.165, 1.54) is 12.3 Å². The number of hydrogen-bond donors (Lipinski definition) is 1. The predicted molar refractivity (Wildman–Crippen MR) is 108 cm³/mol. The third kappa shape index (κ3) is 4.30. The SMILES string of the molecule is O=C1NC(=O)N(Cc2ccco2)C(=O)/C1=C/c1ccc(OCc2ccccc2)cc1. The standard InChI is InChI=1S/C23H18N2O5/c26-21-20(22(27)25(23(28)24-21)14-19-7-4-12-29-19)13-16-8-10-18(11-9-16)30-15-17-5-2-1-3-6-17/h1-13H,14-15H2,(H,24,26,28)/b20-13+. The second-order valence-electron chi connectivity index (χ2n) is 6.63. The largest absolute Gasteiger partial charge is 0.489 e. The Bertz CT molecular complexity index is 1090. The molecular weight excluding hydrogens is 384 g/mol. The van der Waals surface area contributed by atoms with Gasteiger partial charge in [-0.15, -0.1) is 0 Å². The van der Waals surface area contributed by atoms with Crippen molar-refractivity contribution in [2.75, 3.05) is 0 Å². The number of urea groups is 1. The second-order valence-corrected chi connectivity index (χ2v) is 6.63. The Balaban J connectivity index is 1.47. The van der Waals surface area contributed by atoms with E-state index in [-0.39, 0.29) is 12.1 Å². The fourth-order valence-electron chi connectivity index (χ4n) is 2.96. The van der Waals surface area contributed by atoms with E-state index < -0.39 is 17.8 Å². The quantitative estimate of drug-likeness (QED) is 0.503. The maximum atomic E-state index is 12.7. The van der Waals surface area contributed by atoms with Crippen LogP contribution in [0.1, 0.15) is 16.9 Å². The highest BCUT2D eigenvalue weighted by Gasteiger charge is 2.36. The first-order valence-corrected chi connectivity index (χ1v) is 9.28. The van der Waals surface area contributed by atoms with Crippen LogP contribution >= 0.6 is 0 Å². The zero-order valence-corrected chi connectivity index (χ0v) is 15.9. The van der Waals surface area contributed by atoms with Crippen LogP contribution < -0.4 is 10.1 Å². The molecule has 1 N–H and O–H groups in total. The number of nitrogens with zero attached hydrogens (tertiary/aromatic N) is 1. The van der Waals surface area contributed by atoms with Crippen molar-refractivity contribution in [1.29, 1.82) is 0 Å². The van der Waals surface area contributed by atoms with Gasteiger partial charge in [-0.2, -0.15) is 0 Å². The Labute approximate surface area is 172 Å². The molecule has 1 fully saturated rings. The molecule has 0 radical (unpaired) electrons. The monoisotopic (exact) mass is 402 g/mol. The molecule has 0 spiro atoms. The van der Waals surface area contributed by atoms with Gasteiger partial charge in [0, 0.05) is 0 Å². The summed E-state index contributed by atoms with van der Waals surface area (Å²) >= 11 is 0. The Morgan fingerprint density at radius 3 is 2.40 bits per heavy atom. The van der Waals surface area contributed by atoms with E-state index in [9.17, 15) is 14.4 Å². The molecule has 30 heavy (non-hydrogen) atoms. The van der Waals surface area contributed by atoms with Gasteiger partial charge in [-0.25, -0.2) is 4.79 Å². The van der Waals surface area contributed by atoms with E-state index in [1.807, 2.05) is 30.3 Å². The van der Waals surface area contributed by atoms with Crippen molar-refractivity contribution < 1.29 is 23.5 Å². The normalized spacial score (nSPS) is 15.4. The number of rotatable bonds is 6. The van der Waals surface area contributed by atoms with Crippen LogP contribution in [0.25, 0.3) is 6.08 Å². The first-order valence-electron chi connectivity index (χ1n) is 9.28. The molecule has 2 aromatic carbocycles. The Kier molecular flexibility index (Phi) is 5.43. The van der Waals surface area contributed by atoms with Crippen molar-refractivity contribution in [3.05, 3.63) is 95.5 Å². The molecule has 0 bridgehead atoms.